The fourth-order valence-electron chi connectivity index (χ4n) is 6.09. The van der Waals surface area contributed by atoms with Crippen LogP contribution in [-0.2, 0) is 21.8 Å². The molecule has 5 aromatic rings. The third-order valence-electron chi connectivity index (χ3n) is 8.39. The fraction of sp³-hybridized carbons (Fsp3) is 0.243. The van der Waals surface area contributed by atoms with Gasteiger partial charge in [-0.2, -0.15) is 0 Å². The van der Waals surface area contributed by atoms with Crippen LogP contribution in [0.15, 0.2) is 94.8 Å². The van der Waals surface area contributed by atoms with E-state index in [1.54, 1.807) is 12.1 Å². The van der Waals surface area contributed by atoms with E-state index >= 15 is 0 Å². The van der Waals surface area contributed by atoms with E-state index in [9.17, 15) is 14.7 Å². The Morgan fingerprint density at radius 2 is 1.87 bits per heavy atom. The van der Waals surface area contributed by atoms with E-state index in [-0.39, 0.29) is 22.6 Å². The van der Waals surface area contributed by atoms with Crippen LogP contribution in [0.5, 0.6) is 11.5 Å². The summed E-state index contributed by atoms with van der Waals surface area (Å²) in [6.45, 7) is 4.62. The van der Waals surface area contributed by atoms with E-state index in [0.29, 0.717) is 40.0 Å². The molecule has 8 nitrogen and oxygen atoms in total. The lowest BCUT2D eigenvalue weighted by Gasteiger charge is -2.23. The Kier molecular flexibility index (Phi) is 8.70. The number of carbonyl (C=O) groups excluding carboxylic acids is 2. The molecule has 10 heteroatoms. The Labute approximate surface area is 281 Å². The van der Waals surface area contributed by atoms with Crippen molar-refractivity contribution >= 4 is 56.5 Å². The van der Waals surface area contributed by atoms with Crippen molar-refractivity contribution in [2.24, 2.45) is 0 Å². The number of benzene rings is 4. The lowest BCUT2D eigenvalue weighted by molar-refractivity contribution is -0.132. The number of fused-ring (bicyclic) bond motifs is 2. The molecule has 1 aromatic heterocycles. The molecule has 0 saturated carbocycles. The lowest BCUT2D eigenvalue weighted by atomic mass is 9.94. The molecule has 0 bridgehead atoms. The number of thioether (sulfide) groups is 1. The molecule has 1 fully saturated rings. The van der Waals surface area contributed by atoms with Gasteiger partial charge in [-0.15, -0.1) is 10.2 Å². The van der Waals surface area contributed by atoms with Crippen molar-refractivity contribution < 1.29 is 24.2 Å². The summed E-state index contributed by atoms with van der Waals surface area (Å²) in [6.07, 6.45) is 2.60. The Morgan fingerprint density at radius 3 is 2.74 bits per heavy atom. The fourth-order valence-corrected chi connectivity index (χ4v) is 7.97. The standard InChI is InChI=1S/C37H33N3O5S2/c1-3-4-17-44-28-13-8-11-24(20-28)32-31(33(41)25-15-16-30-27(19-25)18-22(2)45-30)34(42)35(43)40(32)36-38-39-37(47-36)46-21-26-12-7-10-23-9-5-6-14-29(23)26/h5-16,19-20,22,32,41H,3-4,17-18,21H2,1-2H3/t22-,32-/m0/s1. The molecule has 1 saturated heterocycles. The van der Waals surface area contributed by atoms with Crippen LogP contribution in [-0.4, -0.2) is 39.7 Å². The number of unbranched alkanes of at least 4 members (excludes halogenated alkanes) is 1. The Balaban J connectivity index is 1.25. The highest BCUT2D eigenvalue weighted by Gasteiger charge is 2.48. The van der Waals surface area contributed by atoms with Gasteiger partial charge in [-0.3, -0.25) is 14.5 Å². The summed E-state index contributed by atoms with van der Waals surface area (Å²) in [5.41, 5.74) is 3.17. The largest absolute Gasteiger partial charge is 0.507 e. The first-order chi connectivity index (χ1) is 22.9. The van der Waals surface area contributed by atoms with Crippen LogP contribution in [0.2, 0.25) is 0 Å². The molecule has 47 heavy (non-hydrogen) atoms. The molecule has 2 aliphatic rings. The first-order valence-corrected chi connectivity index (χ1v) is 17.5. The second-order valence-corrected chi connectivity index (χ2v) is 13.9. The first-order valence-electron chi connectivity index (χ1n) is 15.7. The topological polar surface area (TPSA) is 102 Å². The predicted octanol–water partition coefficient (Wildman–Crippen LogP) is 8.11. The van der Waals surface area contributed by atoms with Crippen molar-refractivity contribution in [3.8, 4) is 11.5 Å². The van der Waals surface area contributed by atoms with Crippen LogP contribution in [0.1, 0.15) is 55.0 Å². The number of Topliss-reactive ketones (excluding diaryl/α,β-unsaturated/α-hetero) is 1. The summed E-state index contributed by atoms with van der Waals surface area (Å²) in [5, 5.41) is 23.1. The molecule has 3 heterocycles. The maximum Gasteiger partial charge on any atom is 0.301 e. The van der Waals surface area contributed by atoms with E-state index in [2.05, 4.69) is 41.4 Å². The minimum Gasteiger partial charge on any atom is -0.507 e. The molecule has 0 unspecified atom stereocenters. The Hall–Kier alpha value is -4.67. The van der Waals surface area contributed by atoms with Crippen LogP contribution in [0.4, 0.5) is 5.13 Å². The van der Waals surface area contributed by atoms with Crippen LogP contribution in [0, 0.1) is 0 Å². The number of hydrogen-bond acceptors (Lipinski definition) is 9. The zero-order valence-electron chi connectivity index (χ0n) is 26.0. The van der Waals surface area contributed by atoms with E-state index in [0.717, 1.165) is 29.5 Å². The smallest absolute Gasteiger partial charge is 0.301 e. The van der Waals surface area contributed by atoms with Gasteiger partial charge in [0.25, 0.3) is 5.78 Å². The third kappa shape index (κ3) is 6.11. The van der Waals surface area contributed by atoms with Crippen molar-refractivity contribution in [3.05, 3.63) is 113 Å². The SMILES string of the molecule is CCCCOc1cccc([C@H]2C(=C(O)c3ccc4c(c3)C[C@H](C)O4)C(=O)C(=O)N2c2nnc(SCc3cccc4ccccc34)s2)c1. The van der Waals surface area contributed by atoms with Gasteiger partial charge in [-0.1, -0.05) is 91.0 Å². The molecular formula is C37H33N3O5S2. The molecule has 7 rings (SSSR count). The highest BCUT2D eigenvalue weighted by atomic mass is 32.2. The van der Waals surface area contributed by atoms with Gasteiger partial charge in [0.15, 0.2) is 4.34 Å². The normalized spacial score (nSPS) is 18.5. The number of ketones is 1. The number of ether oxygens (including phenoxy) is 2. The highest BCUT2D eigenvalue weighted by Crippen LogP contribution is 2.45. The molecule has 0 radical (unpaired) electrons. The predicted molar refractivity (Wildman–Crippen MR) is 185 cm³/mol. The highest BCUT2D eigenvalue weighted by molar-refractivity contribution is 8.00. The van der Waals surface area contributed by atoms with E-state index in [4.69, 9.17) is 9.47 Å². The number of hydrogen-bond donors (Lipinski definition) is 1. The Morgan fingerprint density at radius 1 is 1.04 bits per heavy atom. The number of rotatable bonds is 10. The third-order valence-corrected chi connectivity index (χ3v) is 10.5. The summed E-state index contributed by atoms with van der Waals surface area (Å²) in [5.74, 6) is 0.240. The van der Waals surface area contributed by atoms with Crippen molar-refractivity contribution in [1.29, 1.82) is 0 Å². The van der Waals surface area contributed by atoms with Gasteiger partial charge >= 0.3 is 5.91 Å². The molecule has 4 aromatic carbocycles. The van der Waals surface area contributed by atoms with Gasteiger partial charge in [0.2, 0.25) is 5.13 Å². The first kappa shape index (κ1) is 31.0. The maximum atomic E-state index is 13.8. The van der Waals surface area contributed by atoms with Gasteiger partial charge in [0.1, 0.15) is 23.4 Å². The average Bonchev–Trinajstić information content (AvgIpc) is 3.78. The number of amides is 1. The summed E-state index contributed by atoms with van der Waals surface area (Å²) in [4.78, 5) is 29.0. The van der Waals surface area contributed by atoms with Gasteiger partial charge in [0, 0.05) is 17.7 Å². The zero-order chi connectivity index (χ0) is 32.5. The van der Waals surface area contributed by atoms with Crippen molar-refractivity contribution in [2.45, 2.75) is 55.3 Å². The van der Waals surface area contributed by atoms with Crippen LogP contribution in [0.25, 0.3) is 16.5 Å². The van der Waals surface area contributed by atoms with Crippen LogP contribution < -0.4 is 14.4 Å². The van der Waals surface area contributed by atoms with Gasteiger partial charge < -0.3 is 14.6 Å². The minimum absolute atomic E-state index is 0.00668. The maximum absolute atomic E-state index is 13.8. The van der Waals surface area contributed by atoms with Crippen LogP contribution >= 0.6 is 23.1 Å². The Bertz CT molecular complexity index is 2020. The quantitative estimate of drug-likeness (QED) is 0.0399. The number of aliphatic hydroxyl groups is 1. The summed E-state index contributed by atoms with van der Waals surface area (Å²) in [7, 11) is 0. The zero-order valence-corrected chi connectivity index (χ0v) is 27.6. The molecule has 0 aliphatic carbocycles. The van der Waals surface area contributed by atoms with Gasteiger partial charge in [-0.25, -0.2) is 0 Å². The summed E-state index contributed by atoms with van der Waals surface area (Å²) < 4.78 is 12.5. The van der Waals surface area contributed by atoms with Gasteiger partial charge in [0.05, 0.1) is 18.2 Å². The second-order valence-electron chi connectivity index (χ2n) is 11.7. The van der Waals surface area contributed by atoms with Crippen LogP contribution in [0.3, 0.4) is 0 Å². The average molecular weight is 664 g/mol. The number of anilines is 1. The van der Waals surface area contributed by atoms with Crippen molar-refractivity contribution in [3.63, 3.8) is 0 Å². The van der Waals surface area contributed by atoms with Gasteiger partial charge in [-0.05, 0) is 71.1 Å². The minimum atomic E-state index is -0.933. The van der Waals surface area contributed by atoms with Crippen molar-refractivity contribution in [1.82, 2.24) is 10.2 Å². The summed E-state index contributed by atoms with van der Waals surface area (Å²) >= 11 is 2.77. The molecule has 1 amide bonds. The monoisotopic (exact) mass is 663 g/mol. The van der Waals surface area contributed by atoms with E-state index in [1.807, 2.05) is 55.5 Å². The molecule has 0 spiro atoms. The number of nitrogens with zero attached hydrogens (tertiary/aromatic N) is 3. The molecule has 2 aliphatic heterocycles. The summed E-state index contributed by atoms with van der Waals surface area (Å²) in [6, 6.07) is 26.2. The number of aromatic nitrogens is 2. The number of carbonyl (C=O) groups is 2. The number of aliphatic hydroxyl groups excluding tert-OH is 1. The molecule has 1 N–H and O–H groups in total. The molecule has 238 valence electrons. The van der Waals surface area contributed by atoms with E-state index in [1.165, 1.54) is 38.9 Å². The van der Waals surface area contributed by atoms with Crippen molar-refractivity contribution in [2.75, 3.05) is 11.5 Å². The van der Waals surface area contributed by atoms with E-state index < -0.39 is 17.7 Å². The molecular weight excluding hydrogens is 631 g/mol. The molecule has 2 atom stereocenters. The second kappa shape index (κ2) is 13.2. The lowest BCUT2D eigenvalue weighted by Crippen LogP contribution is -2.29.